The molecular weight excluding hydrogens is 445 g/mol. The monoisotopic (exact) mass is 465 g/mol. The van der Waals surface area contributed by atoms with Crippen molar-refractivity contribution in [2.45, 2.75) is 20.5 Å². The summed E-state index contributed by atoms with van der Waals surface area (Å²) in [6, 6.07) is 16.9. The average molecular weight is 466 g/mol. The van der Waals surface area contributed by atoms with Crippen molar-refractivity contribution in [2.75, 3.05) is 6.61 Å². The largest absolute Gasteiger partial charge is 0.490 e. The minimum atomic E-state index is -0.543. The molecular formula is C26H21ClFNO4. The fraction of sp³-hybridized carbons (Fsp3) is 0.154. The first-order valence-corrected chi connectivity index (χ1v) is 10.7. The lowest BCUT2D eigenvalue weighted by molar-refractivity contribution is -0.129. The molecule has 0 saturated heterocycles. The Labute approximate surface area is 196 Å². The Morgan fingerprint density at radius 1 is 1.09 bits per heavy atom. The van der Waals surface area contributed by atoms with Crippen LogP contribution in [0.25, 0.3) is 6.08 Å². The molecule has 0 radical (unpaired) electrons. The Bertz CT molecular complexity index is 1250. The van der Waals surface area contributed by atoms with Crippen LogP contribution in [-0.2, 0) is 16.1 Å². The van der Waals surface area contributed by atoms with Gasteiger partial charge in [-0.15, -0.1) is 0 Å². The highest BCUT2D eigenvalue weighted by Gasteiger charge is 2.25. The van der Waals surface area contributed by atoms with E-state index < -0.39 is 5.97 Å². The lowest BCUT2D eigenvalue weighted by Crippen LogP contribution is -2.06. The van der Waals surface area contributed by atoms with Gasteiger partial charge in [-0.05, 0) is 66.9 Å². The quantitative estimate of drug-likeness (QED) is 0.312. The number of ether oxygens (including phenoxy) is 3. The number of hydrogen-bond donors (Lipinski definition) is 0. The maximum absolute atomic E-state index is 13.1. The van der Waals surface area contributed by atoms with E-state index in [-0.39, 0.29) is 24.0 Å². The molecule has 1 heterocycles. The molecule has 0 unspecified atom stereocenters. The van der Waals surface area contributed by atoms with E-state index in [4.69, 9.17) is 25.8 Å². The van der Waals surface area contributed by atoms with Gasteiger partial charge in [0.15, 0.2) is 17.2 Å². The molecule has 168 valence electrons. The fourth-order valence-corrected chi connectivity index (χ4v) is 3.58. The van der Waals surface area contributed by atoms with Gasteiger partial charge in [-0.3, -0.25) is 0 Å². The number of aliphatic imine (C=N–C) groups is 1. The molecule has 0 atom stereocenters. The van der Waals surface area contributed by atoms with Crippen molar-refractivity contribution in [3.05, 3.63) is 99.5 Å². The van der Waals surface area contributed by atoms with Crippen molar-refractivity contribution in [2.24, 2.45) is 4.99 Å². The summed E-state index contributed by atoms with van der Waals surface area (Å²) in [5.41, 5.74) is 3.26. The van der Waals surface area contributed by atoms with Crippen LogP contribution in [0.4, 0.5) is 4.39 Å². The molecule has 0 fully saturated rings. The summed E-state index contributed by atoms with van der Waals surface area (Å²) in [6.07, 6.45) is 1.59. The number of halogens is 2. The van der Waals surface area contributed by atoms with E-state index in [0.717, 1.165) is 16.7 Å². The zero-order valence-corrected chi connectivity index (χ0v) is 18.9. The van der Waals surface area contributed by atoms with Crippen LogP contribution < -0.4 is 9.47 Å². The molecule has 4 rings (SSSR count). The standard InChI is InChI=1S/C26H21ClFNO4/c1-3-31-23-14-18(12-21(27)24(23)32-15-17-8-10-19(28)11-9-17)13-22-26(30)33-25(29-22)20-7-5-4-6-16(20)2/h4-14H,3,15H2,1-2H3/b22-13-. The van der Waals surface area contributed by atoms with Gasteiger partial charge in [0.25, 0.3) is 0 Å². The smallest absolute Gasteiger partial charge is 0.363 e. The SMILES string of the molecule is CCOc1cc(/C=C2\N=C(c3ccccc3C)OC2=O)cc(Cl)c1OCc1ccc(F)cc1. The van der Waals surface area contributed by atoms with E-state index in [9.17, 15) is 9.18 Å². The maximum Gasteiger partial charge on any atom is 0.363 e. The molecule has 7 heteroatoms. The zero-order valence-electron chi connectivity index (χ0n) is 18.1. The highest BCUT2D eigenvalue weighted by molar-refractivity contribution is 6.32. The van der Waals surface area contributed by atoms with E-state index in [0.29, 0.717) is 28.7 Å². The third kappa shape index (κ3) is 5.23. The zero-order chi connectivity index (χ0) is 23.4. The first kappa shape index (κ1) is 22.6. The van der Waals surface area contributed by atoms with Crippen LogP contribution in [0.15, 0.2) is 71.4 Å². The van der Waals surface area contributed by atoms with Gasteiger partial charge < -0.3 is 14.2 Å². The third-order valence-corrected chi connectivity index (χ3v) is 5.21. The Balaban J connectivity index is 1.61. The van der Waals surface area contributed by atoms with Crippen LogP contribution in [0.3, 0.4) is 0 Å². The second kappa shape index (κ2) is 9.88. The van der Waals surface area contributed by atoms with Gasteiger partial charge in [-0.1, -0.05) is 41.9 Å². The van der Waals surface area contributed by atoms with Crippen molar-refractivity contribution < 1.29 is 23.4 Å². The second-order valence-corrected chi connectivity index (χ2v) is 7.74. The first-order valence-electron chi connectivity index (χ1n) is 10.4. The number of cyclic esters (lactones) is 1. The summed E-state index contributed by atoms with van der Waals surface area (Å²) >= 11 is 6.48. The van der Waals surface area contributed by atoms with E-state index in [1.54, 1.807) is 30.3 Å². The molecule has 0 amide bonds. The van der Waals surface area contributed by atoms with Crippen molar-refractivity contribution in [3.8, 4) is 11.5 Å². The van der Waals surface area contributed by atoms with Crippen LogP contribution in [0.1, 0.15) is 29.2 Å². The molecule has 1 aliphatic heterocycles. The van der Waals surface area contributed by atoms with Gasteiger partial charge in [0.2, 0.25) is 5.90 Å². The fourth-order valence-electron chi connectivity index (χ4n) is 3.31. The van der Waals surface area contributed by atoms with E-state index in [1.165, 1.54) is 12.1 Å². The number of rotatable bonds is 7. The molecule has 0 aliphatic carbocycles. The van der Waals surface area contributed by atoms with Crippen molar-refractivity contribution in [3.63, 3.8) is 0 Å². The number of benzene rings is 3. The van der Waals surface area contributed by atoms with Crippen molar-refractivity contribution in [1.82, 2.24) is 0 Å². The highest BCUT2D eigenvalue weighted by atomic mass is 35.5. The molecule has 0 bridgehead atoms. The van der Waals surface area contributed by atoms with Gasteiger partial charge >= 0.3 is 5.97 Å². The van der Waals surface area contributed by atoms with Crippen LogP contribution in [0, 0.1) is 12.7 Å². The van der Waals surface area contributed by atoms with Gasteiger partial charge in [0.1, 0.15) is 12.4 Å². The summed E-state index contributed by atoms with van der Waals surface area (Å²) in [7, 11) is 0. The summed E-state index contributed by atoms with van der Waals surface area (Å²) < 4.78 is 30.1. The Hall–Kier alpha value is -3.64. The molecule has 33 heavy (non-hydrogen) atoms. The van der Waals surface area contributed by atoms with Crippen molar-refractivity contribution >= 4 is 29.5 Å². The topological polar surface area (TPSA) is 57.1 Å². The Kier molecular flexibility index (Phi) is 6.75. The predicted molar refractivity (Wildman–Crippen MR) is 125 cm³/mol. The molecule has 5 nitrogen and oxygen atoms in total. The number of aryl methyl sites for hydroxylation is 1. The molecule has 0 aromatic heterocycles. The number of carbonyl (C=O) groups excluding carboxylic acids is 1. The normalized spacial score (nSPS) is 14.2. The van der Waals surface area contributed by atoms with E-state index >= 15 is 0 Å². The van der Waals surface area contributed by atoms with Gasteiger partial charge in [-0.25, -0.2) is 14.2 Å². The van der Waals surface area contributed by atoms with Crippen LogP contribution in [0.2, 0.25) is 5.02 Å². The number of carbonyl (C=O) groups is 1. The highest BCUT2D eigenvalue weighted by Crippen LogP contribution is 2.38. The van der Waals surface area contributed by atoms with Gasteiger partial charge in [0, 0.05) is 5.56 Å². The Morgan fingerprint density at radius 2 is 1.85 bits per heavy atom. The lowest BCUT2D eigenvalue weighted by atomic mass is 10.1. The van der Waals surface area contributed by atoms with E-state index in [2.05, 4.69) is 4.99 Å². The minimum Gasteiger partial charge on any atom is -0.490 e. The van der Waals surface area contributed by atoms with Crippen molar-refractivity contribution in [1.29, 1.82) is 0 Å². The van der Waals surface area contributed by atoms with Crippen LogP contribution in [-0.4, -0.2) is 18.5 Å². The lowest BCUT2D eigenvalue weighted by Gasteiger charge is -2.14. The number of nitrogens with zero attached hydrogens (tertiary/aromatic N) is 1. The molecule has 3 aromatic carbocycles. The van der Waals surface area contributed by atoms with E-state index in [1.807, 2.05) is 38.1 Å². The number of hydrogen-bond acceptors (Lipinski definition) is 5. The van der Waals surface area contributed by atoms with Gasteiger partial charge in [-0.2, -0.15) is 0 Å². The maximum atomic E-state index is 13.1. The van der Waals surface area contributed by atoms with Crippen LogP contribution >= 0.6 is 11.6 Å². The number of esters is 1. The average Bonchev–Trinajstić information content (AvgIpc) is 3.15. The predicted octanol–water partition coefficient (Wildman–Crippen LogP) is 6.11. The second-order valence-electron chi connectivity index (χ2n) is 7.33. The first-order chi connectivity index (χ1) is 15.9. The molecule has 1 aliphatic rings. The summed E-state index contributed by atoms with van der Waals surface area (Å²) in [5, 5.41) is 0.310. The summed E-state index contributed by atoms with van der Waals surface area (Å²) in [5.74, 6) is 0.193. The molecule has 0 spiro atoms. The Morgan fingerprint density at radius 3 is 2.58 bits per heavy atom. The minimum absolute atomic E-state index is 0.159. The summed E-state index contributed by atoms with van der Waals surface area (Å²) in [4.78, 5) is 16.8. The summed E-state index contributed by atoms with van der Waals surface area (Å²) in [6.45, 7) is 4.35. The molecule has 0 saturated carbocycles. The third-order valence-electron chi connectivity index (χ3n) is 4.93. The molecule has 3 aromatic rings. The van der Waals surface area contributed by atoms with Gasteiger partial charge in [0.05, 0.1) is 11.6 Å². The van der Waals surface area contributed by atoms with Crippen LogP contribution in [0.5, 0.6) is 11.5 Å². The molecule has 0 N–H and O–H groups in total.